The van der Waals surface area contributed by atoms with E-state index in [0.717, 1.165) is 55.1 Å². The van der Waals surface area contributed by atoms with E-state index in [1.165, 1.54) is 35.1 Å². The highest BCUT2D eigenvalue weighted by Gasteiger charge is 2.54. The van der Waals surface area contributed by atoms with Crippen molar-refractivity contribution in [3.63, 3.8) is 0 Å². The van der Waals surface area contributed by atoms with E-state index in [1.54, 1.807) is 22.7 Å². The molecular formula is C35H28N2O2S2. The van der Waals surface area contributed by atoms with Crippen LogP contribution in [0, 0.1) is 11.8 Å². The largest absolute Gasteiger partial charge is 0.486 e. The highest BCUT2D eigenvalue weighted by Crippen LogP contribution is 2.62. The second kappa shape index (κ2) is 9.13. The van der Waals surface area contributed by atoms with Crippen LogP contribution in [0.1, 0.15) is 58.5 Å². The number of aromatic nitrogens is 2. The van der Waals surface area contributed by atoms with Gasteiger partial charge in [0.25, 0.3) is 0 Å². The normalized spacial score (nSPS) is 24.8. The Kier molecular flexibility index (Phi) is 5.33. The monoisotopic (exact) mass is 572 g/mol. The maximum absolute atomic E-state index is 7.27. The summed E-state index contributed by atoms with van der Waals surface area (Å²) < 4.78 is 16.0. The molecular weight excluding hydrogens is 545 g/mol. The number of fused-ring (bicyclic) bond motifs is 7. The van der Waals surface area contributed by atoms with Crippen LogP contribution < -0.4 is 9.47 Å². The summed E-state index contributed by atoms with van der Waals surface area (Å²) >= 11 is 3.41. The molecule has 4 heterocycles. The first-order valence-electron chi connectivity index (χ1n) is 14.5. The quantitative estimate of drug-likeness (QED) is 0.212. The maximum atomic E-state index is 7.27. The van der Waals surface area contributed by atoms with E-state index in [9.17, 15) is 0 Å². The van der Waals surface area contributed by atoms with Gasteiger partial charge in [0, 0.05) is 16.5 Å². The number of ether oxygens (including phenoxy) is 2. The average molecular weight is 573 g/mol. The lowest BCUT2D eigenvalue weighted by Crippen LogP contribution is -2.34. The summed E-state index contributed by atoms with van der Waals surface area (Å²) in [7, 11) is 0. The minimum atomic E-state index is -0.373. The molecule has 0 spiro atoms. The lowest BCUT2D eigenvalue weighted by Gasteiger charge is -2.40. The first kappa shape index (κ1) is 23.9. The van der Waals surface area contributed by atoms with Crippen molar-refractivity contribution in [3.05, 3.63) is 118 Å². The van der Waals surface area contributed by atoms with Crippen molar-refractivity contribution in [2.24, 2.45) is 11.8 Å². The number of para-hydroxylation sites is 2. The Bertz CT molecular complexity index is 1900. The van der Waals surface area contributed by atoms with E-state index < -0.39 is 0 Å². The standard InChI is InChI=1S/C35H28N2O2S2/c1-2-7-22(8-3-1)35(19-21-13-14-23(35)17-21)26-18-24-15-16-28(26)39-33(34-36-27-10-4-5-11-29(27)41-34)25-9-6-12-30-32(25)37-31(40-30)20-38-24/h1-12,15-16,18,21,23,33H,13-14,17,19-20H2. The molecule has 4 aromatic carbocycles. The van der Waals surface area contributed by atoms with Gasteiger partial charge in [-0.1, -0.05) is 61.0 Å². The van der Waals surface area contributed by atoms with E-state index in [1.807, 2.05) is 0 Å². The Morgan fingerprint density at radius 1 is 0.805 bits per heavy atom. The van der Waals surface area contributed by atoms with E-state index in [2.05, 4.69) is 91.0 Å². The second-order valence-electron chi connectivity index (χ2n) is 11.7. The van der Waals surface area contributed by atoms with Gasteiger partial charge in [-0.3, -0.25) is 0 Å². The summed E-state index contributed by atoms with van der Waals surface area (Å²) in [6.45, 7) is 0.453. The van der Waals surface area contributed by atoms with Gasteiger partial charge in [-0.25, -0.2) is 9.97 Å². The van der Waals surface area contributed by atoms with Gasteiger partial charge in [0.15, 0.2) is 6.10 Å². The van der Waals surface area contributed by atoms with Crippen LogP contribution in [0.3, 0.4) is 0 Å². The highest BCUT2D eigenvalue weighted by atomic mass is 32.1. The molecule has 41 heavy (non-hydrogen) atoms. The highest BCUT2D eigenvalue weighted by molar-refractivity contribution is 7.19. The summed E-state index contributed by atoms with van der Waals surface area (Å²) in [4.78, 5) is 10.2. The molecule has 4 atom stereocenters. The zero-order chi connectivity index (χ0) is 27.0. The molecule has 4 aliphatic rings. The third-order valence-electron chi connectivity index (χ3n) is 9.49. The van der Waals surface area contributed by atoms with Crippen LogP contribution >= 0.6 is 22.7 Å². The van der Waals surface area contributed by atoms with E-state index in [4.69, 9.17) is 19.4 Å². The fraction of sp³-hybridized carbons (Fsp3) is 0.257. The summed E-state index contributed by atoms with van der Waals surface area (Å²) in [5.41, 5.74) is 5.59. The Morgan fingerprint density at radius 3 is 2.54 bits per heavy atom. The Balaban J connectivity index is 1.29. The summed E-state index contributed by atoms with van der Waals surface area (Å²) in [5, 5.41) is 1.93. The number of nitrogens with zero attached hydrogens (tertiary/aromatic N) is 2. The first-order valence-corrected chi connectivity index (χ1v) is 16.1. The molecule has 4 nitrogen and oxygen atoms in total. The minimum absolute atomic E-state index is 0.0995. The number of benzene rings is 4. The van der Waals surface area contributed by atoms with Crippen LogP contribution in [-0.2, 0) is 12.0 Å². The van der Waals surface area contributed by atoms with Gasteiger partial charge >= 0.3 is 0 Å². The number of rotatable bonds is 3. The summed E-state index contributed by atoms with van der Waals surface area (Å²) in [5.74, 6) is 3.13. The molecule has 2 saturated carbocycles. The SMILES string of the molecule is c1ccc(C2(c3cc4ccc3OC(c3nc5ccccc5s3)c3cccc5sc(nc35)CO4)CC3CCC2C3)cc1. The summed E-state index contributed by atoms with van der Waals surface area (Å²) in [6.07, 6.45) is 4.64. The van der Waals surface area contributed by atoms with Crippen molar-refractivity contribution >= 4 is 43.1 Å². The smallest absolute Gasteiger partial charge is 0.177 e. The molecule has 6 bridgehead atoms. The molecule has 2 fully saturated rings. The zero-order valence-corrected chi connectivity index (χ0v) is 24.1. The predicted octanol–water partition coefficient (Wildman–Crippen LogP) is 9.07. The molecule has 0 amide bonds. The summed E-state index contributed by atoms with van der Waals surface area (Å²) in [6, 6.07) is 32.4. The van der Waals surface area contributed by atoms with Crippen molar-refractivity contribution in [1.82, 2.24) is 9.97 Å². The van der Waals surface area contributed by atoms with Crippen molar-refractivity contribution in [2.45, 2.75) is 43.8 Å². The van der Waals surface area contributed by atoms with Crippen LogP contribution in [0.4, 0.5) is 0 Å². The molecule has 6 aromatic rings. The van der Waals surface area contributed by atoms with Crippen LogP contribution in [0.25, 0.3) is 20.4 Å². The molecule has 0 N–H and O–H groups in total. The number of hydrogen-bond donors (Lipinski definition) is 0. The van der Waals surface area contributed by atoms with Gasteiger partial charge in [0.05, 0.1) is 20.4 Å². The van der Waals surface area contributed by atoms with E-state index in [0.29, 0.717) is 12.5 Å². The molecule has 202 valence electrons. The first-order chi connectivity index (χ1) is 20.2. The third-order valence-corrected chi connectivity index (χ3v) is 11.6. The van der Waals surface area contributed by atoms with E-state index >= 15 is 0 Å². The van der Waals surface area contributed by atoms with Gasteiger partial charge in [0.1, 0.15) is 28.1 Å². The number of hydrogen-bond acceptors (Lipinski definition) is 6. The van der Waals surface area contributed by atoms with Crippen LogP contribution in [-0.4, -0.2) is 9.97 Å². The van der Waals surface area contributed by atoms with Gasteiger partial charge in [-0.2, -0.15) is 0 Å². The van der Waals surface area contributed by atoms with Crippen molar-refractivity contribution in [2.75, 3.05) is 0 Å². The average Bonchev–Trinajstić information content (AvgIpc) is 3.81. The maximum Gasteiger partial charge on any atom is 0.177 e. The third kappa shape index (κ3) is 3.70. The zero-order valence-electron chi connectivity index (χ0n) is 22.5. The second-order valence-corrected chi connectivity index (χ2v) is 13.9. The lowest BCUT2D eigenvalue weighted by molar-refractivity contribution is 0.230. The van der Waals surface area contributed by atoms with Crippen molar-refractivity contribution in [1.29, 1.82) is 0 Å². The van der Waals surface area contributed by atoms with Gasteiger partial charge in [0.2, 0.25) is 0 Å². The van der Waals surface area contributed by atoms with Crippen LogP contribution in [0.15, 0.2) is 91.0 Å². The molecule has 2 aromatic heterocycles. The fourth-order valence-electron chi connectivity index (χ4n) is 7.76. The van der Waals surface area contributed by atoms with Gasteiger partial charge < -0.3 is 9.47 Å². The topological polar surface area (TPSA) is 44.2 Å². The van der Waals surface area contributed by atoms with E-state index in [-0.39, 0.29) is 11.5 Å². The van der Waals surface area contributed by atoms with Gasteiger partial charge in [-0.05, 0) is 73.1 Å². The molecule has 2 aliphatic carbocycles. The molecule has 0 radical (unpaired) electrons. The number of thiazole rings is 2. The Hall–Kier alpha value is -3.74. The van der Waals surface area contributed by atoms with Crippen LogP contribution in [0.5, 0.6) is 11.5 Å². The van der Waals surface area contributed by atoms with Crippen LogP contribution in [0.2, 0.25) is 0 Å². The predicted molar refractivity (Wildman–Crippen MR) is 165 cm³/mol. The Labute approximate surface area is 246 Å². The molecule has 0 saturated heterocycles. The molecule has 4 unspecified atom stereocenters. The molecule has 6 heteroatoms. The Morgan fingerprint density at radius 2 is 1.68 bits per heavy atom. The lowest BCUT2D eigenvalue weighted by atomic mass is 9.64. The van der Waals surface area contributed by atoms with Crippen molar-refractivity contribution in [3.8, 4) is 11.5 Å². The molecule has 2 aliphatic heterocycles. The van der Waals surface area contributed by atoms with Crippen molar-refractivity contribution < 1.29 is 9.47 Å². The molecule has 10 rings (SSSR count). The fourth-order valence-corrected chi connectivity index (χ4v) is 9.70. The minimum Gasteiger partial charge on any atom is -0.486 e. The van der Waals surface area contributed by atoms with Gasteiger partial charge in [-0.15, -0.1) is 22.7 Å².